The number of nitrogens with zero attached hydrogens (tertiary/aromatic N) is 2. The molecular weight excluding hydrogens is 190 g/mol. The highest BCUT2D eigenvalue weighted by molar-refractivity contribution is 5.51. The van der Waals surface area contributed by atoms with E-state index in [1.807, 2.05) is 7.05 Å². The van der Waals surface area contributed by atoms with E-state index in [1.165, 1.54) is 6.42 Å². The molecule has 0 radical (unpaired) electrons. The predicted octanol–water partition coefficient (Wildman–Crippen LogP) is 0.975. The predicted molar refractivity (Wildman–Crippen MR) is 60.2 cm³/mol. The Balaban J connectivity index is 2.13. The van der Waals surface area contributed by atoms with Crippen LogP contribution in [0.1, 0.15) is 12.8 Å². The molecule has 2 rings (SSSR count). The number of likely N-dealkylation sites (N-methyl/N-ethyl adjacent to an activating group) is 1. The monoisotopic (exact) mass is 207 g/mol. The molecule has 2 heterocycles. The molecule has 1 aliphatic rings. The molecule has 0 aromatic carbocycles. The van der Waals surface area contributed by atoms with E-state index in [2.05, 4.69) is 15.2 Å². The normalized spacial score (nSPS) is 21.7. The molecule has 1 aromatic rings. The van der Waals surface area contributed by atoms with Gasteiger partial charge in [0.2, 0.25) is 0 Å². The van der Waals surface area contributed by atoms with Crippen LogP contribution in [-0.4, -0.2) is 36.3 Å². The topological polar surface area (TPSA) is 48.4 Å². The minimum Gasteiger partial charge on any atom is -0.504 e. The smallest absolute Gasteiger partial charge is 0.171 e. The van der Waals surface area contributed by atoms with Gasteiger partial charge in [-0.3, -0.25) is 0 Å². The van der Waals surface area contributed by atoms with E-state index in [0.717, 1.165) is 19.5 Å². The van der Waals surface area contributed by atoms with E-state index < -0.39 is 0 Å². The van der Waals surface area contributed by atoms with E-state index in [1.54, 1.807) is 18.3 Å². The Labute approximate surface area is 89.9 Å². The summed E-state index contributed by atoms with van der Waals surface area (Å²) in [6.45, 7) is 1.89. The number of aromatic hydroxyl groups is 1. The van der Waals surface area contributed by atoms with Crippen LogP contribution in [0.3, 0.4) is 0 Å². The summed E-state index contributed by atoms with van der Waals surface area (Å²) in [5, 5.41) is 13.0. The molecule has 4 heteroatoms. The van der Waals surface area contributed by atoms with E-state index in [4.69, 9.17) is 0 Å². The molecule has 0 unspecified atom stereocenters. The molecule has 0 spiro atoms. The zero-order valence-electron chi connectivity index (χ0n) is 8.98. The molecule has 1 aromatic heterocycles. The van der Waals surface area contributed by atoms with Crippen LogP contribution in [0.4, 0.5) is 5.82 Å². The Kier molecular flexibility index (Phi) is 3.06. The largest absolute Gasteiger partial charge is 0.504 e. The molecule has 1 fully saturated rings. The van der Waals surface area contributed by atoms with Gasteiger partial charge in [0.15, 0.2) is 11.6 Å². The molecule has 0 saturated carbocycles. The van der Waals surface area contributed by atoms with Crippen LogP contribution in [0.25, 0.3) is 0 Å². The van der Waals surface area contributed by atoms with Crippen molar-refractivity contribution in [1.82, 2.24) is 10.3 Å². The molecule has 0 aliphatic carbocycles. The van der Waals surface area contributed by atoms with Crippen LogP contribution in [0.5, 0.6) is 5.75 Å². The van der Waals surface area contributed by atoms with Crippen molar-refractivity contribution in [1.29, 1.82) is 0 Å². The second-order valence-corrected chi connectivity index (χ2v) is 3.92. The van der Waals surface area contributed by atoms with Crippen molar-refractivity contribution in [3.05, 3.63) is 18.3 Å². The van der Waals surface area contributed by atoms with E-state index >= 15 is 0 Å². The molecule has 0 bridgehead atoms. The van der Waals surface area contributed by atoms with Crippen molar-refractivity contribution in [2.75, 3.05) is 25.0 Å². The Hall–Kier alpha value is -1.29. The van der Waals surface area contributed by atoms with Gasteiger partial charge in [0.1, 0.15) is 0 Å². The molecule has 4 nitrogen and oxygen atoms in total. The van der Waals surface area contributed by atoms with Gasteiger partial charge >= 0.3 is 0 Å². The lowest BCUT2D eigenvalue weighted by Crippen LogP contribution is -2.44. The van der Waals surface area contributed by atoms with Gasteiger partial charge < -0.3 is 15.3 Å². The minimum absolute atomic E-state index is 0.272. The fraction of sp³-hybridized carbons (Fsp3) is 0.545. The first kappa shape index (κ1) is 10.2. The highest BCUT2D eigenvalue weighted by Gasteiger charge is 2.21. The number of anilines is 1. The first-order chi connectivity index (χ1) is 7.31. The molecular formula is C11H17N3O. The second kappa shape index (κ2) is 4.49. The summed E-state index contributed by atoms with van der Waals surface area (Å²) in [5.74, 6) is 0.978. The van der Waals surface area contributed by atoms with Gasteiger partial charge in [-0.2, -0.15) is 0 Å². The maximum Gasteiger partial charge on any atom is 0.171 e. The van der Waals surface area contributed by atoms with Gasteiger partial charge in [-0.05, 0) is 32.0 Å². The first-order valence-electron chi connectivity index (χ1n) is 5.37. The van der Waals surface area contributed by atoms with E-state index in [-0.39, 0.29) is 5.75 Å². The Morgan fingerprint density at radius 1 is 1.60 bits per heavy atom. The molecule has 2 N–H and O–H groups in total. The fourth-order valence-electron chi connectivity index (χ4n) is 2.04. The molecule has 1 aliphatic heterocycles. The maximum atomic E-state index is 9.70. The van der Waals surface area contributed by atoms with Crippen molar-refractivity contribution in [2.45, 2.75) is 18.9 Å². The summed E-state index contributed by atoms with van der Waals surface area (Å²) in [4.78, 5) is 6.36. The summed E-state index contributed by atoms with van der Waals surface area (Å²) < 4.78 is 0. The number of hydrogen-bond donors (Lipinski definition) is 2. The molecule has 0 amide bonds. The molecule has 82 valence electrons. The Bertz CT molecular complexity index is 329. The summed E-state index contributed by atoms with van der Waals surface area (Å²) in [6.07, 6.45) is 4.06. The molecule has 1 atom stereocenters. The lowest BCUT2D eigenvalue weighted by atomic mass is 10.1. The van der Waals surface area contributed by atoms with Crippen LogP contribution >= 0.6 is 0 Å². The van der Waals surface area contributed by atoms with Crippen molar-refractivity contribution in [2.24, 2.45) is 0 Å². The van der Waals surface area contributed by atoms with Crippen molar-refractivity contribution >= 4 is 5.82 Å². The van der Waals surface area contributed by atoms with Crippen molar-refractivity contribution in [3.8, 4) is 5.75 Å². The summed E-state index contributed by atoms with van der Waals surface area (Å²) in [5.41, 5.74) is 0. The van der Waals surface area contributed by atoms with Crippen molar-refractivity contribution < 1.29 is 5.11 Å². The van der Waals surface area contributed by atoms with Crippen LogP contribution in [-0.2, 0) is 0 Å². The van der Waals surface area contributed by atoms with Crippen LogP contribution in [0.15, 0.2) is 18.3 Å². The molecule has 15 heavy (non-hydrogen) atoms. The zero-order valence-corrected chi connectivity index (χ0v) is 8.98. The standard InChI is InChI=1S/C11H17N3O/c1-12-9-4-3-7-14(8-9)11-10(15)5-2-6-13-11/h2,5-6,9,12,15H,3-4,7-8H2,1H3/t9-/m1/s1. The minimum atomic E-state index is 0.272. The van der Waals surface area contributed by atoms with Gasteiger partial charge in [-0.25, -0.2) is 4.98 Å². The second-order valence-electron chi connectivity index (χ2n) is 3.92. The summed E-state index contributed by atoms with van der Waals surface area (Å²) in [7, 11) is 1.98. The van der Waals surface area contributed by atoms with E-state index in [0.29, 0.717) is 11.9 Å². The first-order valence-corrected chi connectivity index (χ1v) is 5.37. The van der Waals surface area contributed by atoms with Gasteiger partial charge in [0.05, 0.1) is 0 Å². The summed E-state index contributed by atoms with van der Waals surface area (Å²) >= 11 is 0. The third-order valence-corrected chi connectivity index (χ3v) is 2.90. The average molecular weight is 207 g/mol. The van der Waals surface area contributed by atoms with Crippen molar-refractivity contribution in [3.63, 3.8) is 0 Å². The van der Waals surface area contributed by atoms with Gasteiger partial charge in [0.25, 0.3) is 0 Å². The maximum absolute atomic E-state index is 9.70. The quantitative estimate of drug-likeness (QED) is 0.759. The number of rotatable bonds is 2. The SMILES string of the molecule is CN[C@@H]1CCCN(c2ncccc2O)C1. The van der Waals surface area contributed by atoms with Gasteiger partial charge in [-0.1, -0.05) is 0 Å². The number of pyridine rings is 1. The summed E-state index contributed by atoms with van der Waals surface area (Å²) in [6, 6.07) is 3.93. The lowest BCUT2D eigenvalue weighted by molar-refractivity contribution is 0.433. The zero-order chi connectivity index (χ0) is 10.7. The number of nitrogens with one attached hydrogen (secondary N) is 1. The highest BCUT2D eigenvalue weighted by atomic mass is 16.3. The van der Waals surface area contributed by atoms with Crippen LogP contribution in [0.2, 0.25) is 0 Å². The lowest BCUT2D eigenvalue weighted by Gasteiger charge is -2.33. The molecule has 1 saturated heterocycles. The Morgan fingerprint density at radius 2 is 2.47 bits per heavy atom. The third kappa shape index (κ3) is 2.21. The third-order valence-electron chi connectivity index (χ3n) is 2.90. The number of hydrogen-bond acceptors (Lipinski definition) is 4. The number of piperidine rings is 1. The Morgan fingerprint density at radius 3 is 3.20 bits per heavy atom. The van der Waals surface area contributed by atoms with Crippen LogP contribution < -0.4 is 10.2 Å². The fourth-order valence-corrected chi connectivity index (χ4v) is 2.04. The van der Waals surface area contributed by atoms with Gasteiger partial charge in [-0.15, -0.1) is 0 Å². The number of aromatic nitrogens is 1. The van der Waals surface area contributed by atoms with E-state index in [9.17, 15) is 5.11 Å². The van der Waals surface area contributed by atoms with Crippen LogP contribution in [0, 0.1) is 0 Å². The van der Waals surface area contributed by atoms with Gasteiger partial charge in [0, 0.05) is 25.3 Å². The highest BCUT2D eigenvalue weighted by Crippen LogP contribution is 2.26. The average Bonchev–Trinajstić information content (AvgIpc) is 2.30.